The Balaban J connectivity index is 1.42. The number of pyridine rings is 1. The van der Waals surface area contributed by atoms with E-state index in [1.165, 1.54) is 4.31 Å². The third-order valence-electron chi connectivity index (χ3n) is 5.44. The van der Waals surface area contributed by atoms with Gasteiger partial charge in [0.05, 0.1) is 12.0 Å². The van der Waals surface area contributed by atoms with Crippen LogP contribution < -0.4 is 15.0 Å². The molecule has 9 nitrogen and oxygen atoms in total. The molecule has 0 aliphatic carbocycles. The fourth-order valence-electron chi connectivity index (χ4n) is 3.69. The molecule has 10 heteroatoms. The lowest BCUT2D eigenvalue weighted by atomic mass is 10.1. The second kappa shape index (κ2) is 9.09. The highest BCUT2D eigenvalue weighted by Gasteiger charge is 2.30. The van der Waals surface area contributed by atoms with Gasteiger partial charge in [-0.2, -0.15) is 4.31 Å². The van der Waals surface area contributed by atoms with Gasteiger partial charge in [-0.1, -0.05) is 6.07 Å². The monoisotopic (exact) mass is 454 g/mol. The van der Waals surface area contributed by atoms with Gasteiger partial charge in [-0.3, -0.25) is 0 Å². The number of hydrogen-bond donors (Lipinski definition) is 1. The van der Waals surface area contributed by atoms with Crippen LogP contribution in [0.3, 0.4) is 0 Å². The zero-order valence-electron chi connectivity index (χ0n) is 18.3. The molecule has 168 valence electrons. The third-order valence-corrected chi connectivity index (χ3v) is 7.49. The van der Waals surface area contributed by atoms with Gasteiger partial charge in [-0.05, 0) is 61.4 Å². The van der Waals surface area contributed by atoms with Gasteiger partial charge in [-0.15, -0.1) is 10.2 Å². The molecule has 4 rings (SSSR count). The molecular weight excluding hydrogens is 428 g/mol. The first kappa shape index (κ1) is 22.0. The quantitative estimate of drug-likeness (QED) is 0.607. The molecule has 0 bridgehead atoms. The van der Waals surface area contributed by atoms with Crippen LogP contribution in [0.2, 0.25) is 0 Å². The minimum Gasteiger partial charge on any atom is -0.496 e. The first-order valence-corrected chi connectivity index (χ1v) is 11.7. The molecule has 0 spiro atoms. The Labute approximate surface area is 188 Å². The molecule has 1 aliphatic rings. The average molecular weight is 455 g/mol. The lowest BCUT2D eigenvalue weighted by Gasteiger charge is -2.34. The number of rotatable bonds is 6. The van der Waals surface area contributed by atoms with Crippen molar-refractivity contribution in [3.05, 3.63) is 59.8 Å². The van der Waals surface area contributed by atoms with Crippen molar-refractivity contribution in [2.45, 2.75) is 18.7 Å². The Morgan fingerprint density at radius 3 is 2.34 bits per heavy atom. The van der Waals surface area contributed by atoms with E-state index in [2.05, 4.69) is 20.5 Å². The second-order valence-corrected chi connectivity index (χ2v) is 9.50. The Hall–Kier alpha value is -3.24. The van der Waals surface area contributed by atoms with Crippen molar-refractivity contribution in [2.75, 3.05) is 43.5 Å². The smallest absolute Gasteiger partial charge is 0.243 e. The van der Waals surface area contributed by atoms with E-state index in [1.54, 1.807) is 32.4 Å². The van der Waals surface area contributed by atoms with Crippen LogP contribution in [-0.4, -0.2) is 61.2 Å². The first-order valence-electron chi connectivity index (χ1n) is 10.3. The maximum absolute atomic E-state index is 13.2. The van der Waals surface area contributed by atoms with E-state index < -0.39 is 10.0 Å². The van der Waals surface area contributed by atoms with Crippen LogP contribution in [0.1, 0.15) is 11.1 Å². The molecule has 0 amide bonds. The lowest BCUT2D eigenvalue weighted by molar-refractivity contribution is 0.383. The molecule has 32 heavy (non-hydrogen) atoms. The summed E-state index contributed by atoms with van der Waals surface area (Å²) in [4.78, 5) is 6.57. The van der Waals surface area contributed by atoms with Crippen LogP contribution in [0, 0.1) is 13.8 Å². The van der Waals surface area contributed by atoms with Gasteiger partial charge in [0, 0.05) is 32.4 Å². The van der Waals surface area contributed by atoms with Crippen molar-refractivity contribution in [3.8, 4) is 5.75 Å². The molecule has 3 heterocycles. The summed E-state index contributed by atoms with van der Waals surface area (Å²) in [6.07, 6.45) is 1.70. The Kier molecular flexibility index (Phi) is 6.24. The van der Waals surface area contributed by atoms with Crippen molar-refractivity contribution in [1.29, 1.82) is 0 Å². The topological polar surface area (TPSA) is 101 Å². The van der Waals surface area contributed by atoms with Gasteiger partial charge in [0.15, 0.2) is 11.6 Å². The van der Waals surface area contributed by atoms with Crippen molar-refractivity contribution in [2.24, 2.45) is 0 Å². The van der Waals surface area contributed by atoms with Gasteiger partial charge in [0.2, 0.25) is 10.0 Å². The number of aromatic nitrogens is 3. The van der Waals surface area contributed by atoms with E-state index in [9.17, 15) is 8.42 Å². The van der Waals surface area contributed by atoms with Crippen molar-refractivity contribution in [3.63, 3.8) is 0 Å². The molecule has 0 radical (unpaired) electrons. The van der Waals surface area contributed by atoms with E-state index in [0.717, 1.165) is 5.56 Å². The molecule has 0 atom stereocenters. The number of ether oxygens (including phenoxy) is 1. The van der Waals surface area contributed by atoms with Gasteiger partial charge in [0.1, 0.15) is 11.6 Å². The maximum Gasteiger partial charge on any atom is 0.243 e. The summed E-state index contributed by atoms with van der Waals surface area (Å²) < 4.78 is 33.3. The minimum atomic E-state index is -3.59. The van der Waals surface area contributed by atoms with Crippen molar-refractivity contribution < 1.29 is 13.2 Å². The summed E-state index contributed by atoms with van der Waals surface area (Å²) >= 11 is 0. The minimum absolute atomic E-state index is 0.328. The molecule has 0 saturated carbocycles. The molecular formula is C22H26N6O3S. The van der Waals surface area contributed by atoms with E-state index in [0.29, 0.717) is 59.8 Å². The van der Waals surface area contributed by atoms with E-state index in [-0.39, 0.29) is 0 Å². The van der Waals surface area contributed by atoms with Gasteiger partial charge < -0.3 is 15.0 Å². The molecule has 1 aromatic carbocycles. The average Bonchev–Trinajstić information content (AvgIpc) is 2.81. The van der Waals surface area contributed by atoms with Crippen molar-refractivity contribution in [1.82, 2.24) is 19.5 Å². The molecule has 2 aromatic heterocycles. The van der Waals surface area contributed by atoms with Crippen LogP contribution >= 0.6 is 0 Å². The number of nitrogens with one attached hydrogen (secondary N) is 1. The Morgan fingerprint density at radius 1 is 0.938 bits per heavy atom. The van der Waals surface area contributed by atoms with Crippen LogP contribution in [0.5, 0.6) is 5.75 Å². The molecule has 1 N–H and O–H groups in total. The normalized spacial score (nSPS) is 14.9. The summed E-state index contributed by atoms with van der Waals surface area (Å²) in [5.74, 6) is 2.69. The largest absolute Gasteiger partial charge is 0.496 e. The number of benzene rings is 1. The fraction of sp³-hybridized carbons (Fsp3) is 0.318. The molecule has 3 aromatic rings. The first-order chi connectivity index (χ1) is 15.4. The predicted octanol–water partition coefficient (Wildman–Crippen LogP) is 2.75. The van der Waals surface area contributed by atoms with E-state index >= 15 is 0 Å². The summed E-state index contributed by atoms with van der Waals surface area (Å²) in [7, 11) is -2.01. The summed E-state index contributed by atoms with van der Waals surface area (Å²) in [6.45, 7) is 5.47. The highest BCUT2D eigenvalue weighted by molar-refractivity contribution is 7.89. The highest BCUT2D eigenvalue weighted by Crippen LogP contribution is 2.28. The number of sulfonamides is 1. The fourth-order valence-corrected chi connectivity index (χ4v) is 5.40. The maximum atomic E-state index is 13.2. The lowest BCUT2D eigenvalue weighted by Crippen LogP contribution is -2.49. The number of piperazine rings is 1. The van der Waals surface area contributed by atoms with Crippen LogP contribution in [-0.2, 0) is 10.0 Å². The second-order valence-electron chi connectivity index (χ2n) is 7.60. The van der Waals surface area contributed by atoms with Crippen LogP contribution in [0.4, 0.5) is 17.5 Å². The number of anilines is 3. The highest BCUT2D eigenvalue weighted by atomic mass is 32.2. The zero-order valence-corrected chi connectivity index (χ0v) is 19.1. The van der Waals surface area contributed by atoms with Gasteiger partial charge in [-0.25, -0.2) is 13.4 Å². The van der Waals surface area contributed by atoms with Gasteiger partial charge >= 0.3 is 0 Å². The Morgan fingerprint density at radius 2 is 1.72 bits per heavy atom. The number of nitrogens with zero attached hydrogens (tertiary/aromatic N) is 5. The number of methoxy groups -OCH3 is 1. The van der Waals surface area contributed by atoms with Crippen LogP contribution in [0.25, 0.3) is 0 Å². The Bertz CT molecular complexity index is 1180. The predicted molar refractivity (Wildman–Crippen MR) is 123 cm³/mol. The summed E-state index contributed by atoms with van der Waals surface area (Å²) in [6, 6.07) is 12.8. The number of aryl methyl sites for hydroxylation is 2. The zero-order chi connectivity index (χ0) is 22.7. The SMILES string of the molecule is COc1cc(C)c(S(=O)(=O)N2CCN(c3ccc(Nc4ccccn4)nn3)CC2)cc1C. The third kappa shape index (κ3) is 4.51. The molecule has 1 saturated heterocycles. The molecule has 0 unspecified atom stereocenters. The van der Waals surface area contributed by atoms with E-state index in [1.807, 2.05) is 42.2 Å². The van der Waals surface area contributed by atoms with E-state index in [4.69, 9.17) is 4.74 Å². The van der Waals surface area contributed by atoms with Crippen molar-refractivity contribution >= 4 is 27.5 Å². The molecule has 1 aliphatic heterocycles. The van der Waals surface area contributed by atoms with Gasteiger partial charge in [0.25, 0.3) is 0 Å². The standard InChI is InChI=1S/C22H26N6O3S/c1-16-15-19(17(2)14-18(16)31-3)32(29,30)28-12-10-27(11-13-28)22-8-7-21(25-26-22)24-20-6-4-5-9-23-20/h4-9,14-15H,10-13H2,1-3H3,(H,23,24,25). The molecule has 1 fully saturated rings. The number of hydrogen-bond acceptors (Lipinski definition) is 8. The summed E-state index contributed by atoms with van der Waals surface area (Å²) in [5.41, 5.74) is 1.47. The van der Waals surface area contributed by atoms with Crippen LogP contribution in [0.15, 0.2) is 53.6 Å². The summed E-state index contributed by atoms with van der Waals surface area (Å²) in [5, 5.41) is 11.6.